The van der Waals surface area contributed by atoms with Crippen LogP contribution in [0.4, 0.5) is 0 Å². The average Bonchev–Trinajstić information content (AvgIpc) is 2.18. The van der Waals surface area contributed by atoms with Gasteiger partial charge in [-0.2, -0.15) is 0 Å². The minimum atomic E-state index is -1.39. The van der Waals surface area contributed by atoms with Crippen LogP contribution >= 0.6 is 0 Å². The molecule has 13 heavy (non-hydrogen) atoms. The minimum absolute atomic E-state index is 0.405. The predicted molar refractivity (Wildman–Crippen MR) is 42.4 cm³/mol. The van der Waals surface area contributed by atoms with Gasteiger partial charge in [-0.15, -0.1) is 0 Å². The molecule has 5 nitrogen and oxygen atoms in total. The fourth-order valence-corrected chi connectivity index (χ4v) is 0.872. The highest BCUT2D eigenvalue weighted by molar-refractivity contribution is 5.75. The number of carbonyl (C=O) groups excluding carboxylic acids is 1. The fourth-order valence-electron chi connectivity index (χ4n) is 0.872. The quantitative estimate of drug-likeness (QED) is 0.581. The molecule has 5 heteroatoms. The van der Waals surface area contributed by atoms with Crippen LogP contribution in [0.25, 0.3) is 0 Å². The van der Waals surface area contributed by atoms with Gasteiger partial charge < -0.3 is 9.94 Å². The lowest BCUT2D eigenvalue weighted by Gasteiger charge is -2.07. The zero-order chi connectivity index (χ0) is 9.68. The first-order valence-corrected chi connectivity index (χ1v) is 3.58. The van der Waals surface area contributed by atoms with Crippen molar-refractivity contribution in [3.8, 4) is 0 Å². The maximum absolute atomic E-state index is 10.8. The van der Waals surface area contributed by atoms with Gasteiger partial charge in [-0.05, 0) is 11.2 Å². The van der Waals surface area contributed by atoms with E-state index in [1.807, 2.05) is 0 Å². The first kappa shape index (κ1) is 9.66. The van der Waals surface area contributed by atoms with Crippen LogP contribution in [0.3, 0.4) is 0 Å². The summed E-state index contributed by atoms with van der Waals surface area (Å²) in [6.45, 7) is 0. The maximum atomic E-state index is 10.8. The van der Waals surface area contributed by atoms with Gasteiger partial charge in [-0.3, -0.25) is 5.21 Å². The van der Waals surface area contributed by atoms with Crippen molar-refractivity contribution in [3.05, 3.63) is 35.9 Å². The molecule has 0 radical (unpaired) electrons. The van der Waals surface area contributed by atoms with E-state index in [0.29, 0.717) is 5.56 Å². The molecule has 0 aromatic heterocycles. The minimum Gasteiger partial charge on any atom is -0.377 e. The Hall–Kier alpha value is -1.43. The molecule has 1 aromatic rings. The molecule has 1 atom stereocenters. The zero-order valence-corrected chi connectivity index (χ0v) is 6.68. The highest BCUT2D eigenvalue weighted by atomic mass is 16.9. The predicted octanol–water partition coefficient (Wildman–Crippen LogP) is 0.157. The molecule has 0 fully saturated rings. The molecule has 0 aliphatic carbocycles. The number of nitrogens with one attached hydrogen (secondary N) is 1. The number of aliphatic hydroxyl groups is 1. The number of hydrogen-bond donors (Lipinski definition) is 3. The highest BCUT2D eigenvalue weighted by Crippen LogP contribution is 2.12. The van der Waals surface area contributed by atoms with Crippen molar-refractivity contribution in [2.45, 2.75) is 6.10 Å². The van der Waals surface area contributed by atoms with Gasteiger partial charge in [0.2, 0.25) is 0 Å². The molecule has 0 saturated carbocycles. The molecule has 0 unspecified atom stereocenters. The first-order valence-electron chi connectivity index (χ1n) is 3.58. The summed E-state index contributed by atoms with van der Waals surface area (Å²) in [6, 6.07) is 8.26. The van der Waals surface area contributed by atoms with E-state index in [1.165, 1.54) is 5.64 Å². The van der Waals surface area contributed by atoms with E-state index in [0.717, 1.165) is 0 Å². The number of rotatable bonds is 3. The van der Waals surface area contributed by atoms with Crippen LogP contribution in [-0.2, 0) is 9.63 Å². The zero-order valence-electron chi connectivity index (χ0n) is 6.68. The largest absolute Gasteiger partial charge is 0.377 e. The molecule has 1 rings (SSSR count). The molecule has 0 heterocycles. The number of benzene rings is 1. The second-order valence-corrected chi connectivity index (χ2v) is 2.33. The number of hydrogen-bond acceptors (Lipinski definition) is 5. The van der Waals surface area contributed by atoms with Crippen molar-refractivity contribution < 1.29 is 19.9 Å². The third-order valence-electron chi connectivity index (χ3n) is 1.48. The summed E-state index contributed by atoms with van der Waals surface area (Å²) in [5, 5.41) is 17.3. The van der Waals surface area contributed by atoms with Gasteiger partial charge in [0.05, 0.1) is 0 Å². The molecule has 0 spiro atoms. The molecule has 3 N–H and O–H groups in total. The Morgan fingerprint density at radius 2 is 2.00 bits per heavy atom. The fraction of sp³-hybridized carbons (Fsp3) is 0.125. The van der Waals surface area contributed by atoms with Gasteiger partial charge in [0.15, 0.2) is 6.10 Å². The summed E-state index contributed by atoms with van der Waals surface area (Å²) in [5.74, 6) is -0.964. The Bertz CT molecular complexity index is 275. The summed E-state index contributed by atoms with van der Waals surface area (Å²) >= 11 is 0. The Morgan fingerprint density at radius 3 is 2.54 bits per heavy atom. The lowest BCUT2D eigenvalue weighted by molar-refractivity contribution is -0.186. The summed E-state index contributed by atoms with van der Waals surface area (Å²) in [6.07, 6.45) is -1.39. The topological polar surface area (TPSA) is 78.8 Å². The Labute approximate surface area is 74.5 Å². The molecule has 0 saturated heterocycles. The molecule has 0 aliphatic heterocycles. The van der Waals surface area contributed by atoms with Crippen LogP contribution in [0, 0.1) is 0 Å². The molecule has 0 amide bonds. The van der Waals surface area contributed by atoms with E-state index in [4.69, 9.17) is 5.21 Å². The SMILES string of the molecule is O=C(ONO)[C@@H](O)c1ccccc1. The van der Waals surface area contributed by atoms with Crippen LogP contribution in [0.5, 0.6) is 0 Å². The van der Waals surface area contributed by atoms with Crippen molar-refractivity contribution in [1.82, 2.24) is 5.64 Å². The first-order chi connectivity index (χ1) is 6.25. The third-order valence-corrected chi connectivity index (χ3v) is 1.48. The summed E-state index contributed by atoms with van der Waals surface area (Å²) in [5.41, 5.74) is 1.61. The molecular formula is C8H9NO4. The van der Waals surface area contributed by atoms with Gasteiger partial charge >= 0.3 is 5.97 Å². The Balaban J connectivity index is 2.68. The molecule has 1 aromatic carbocycles. The van der Waals surface area contributed by atoms with Crippen LogP contribution in [-0.4, -0.2) is 16.3 Å². The molecule has 70 valence electrons. The van der Waals surface area contributed by atoms with Crippen molar-refractivity contribution in [2.24, 2.45) is 0 Å². The molecule has 0 aliphatic rings. The Morgan fingerprint density at radius 1 is 1.38 bits per heavy atom. The van der Waals surface area contributed by atoms with Gasteiger partial charge in [-0.1, -0.05) is 30.3 Å². The van der Waals surface area contributed by atoms with E-state index in [9.17, 15) is 9.90 Å². The second kappa shape index (κ2) is 4.56. The van der Waals surface area contributed by atoms with Gasteiger partial charge in [0, 0.05) is 0 Å². The average molecular weight is 183 g/mol. The van der Waals surface area contributed by atoms with Crippen molar-refractivity contribution in [1.29, 1.82) is 0 Å². The van der Waals surface area contributed by atoms with Crippen LogP contribution in [0.2, 0.25) is 0 Å². The Kier molecular flexibility index (Phi) is 3.39. The summed E-state index contributed by atoms with van der Waals surface area (Å²) < 4.78 is 0. The number of aliphatic hydroxyl groups excluding tert-OH is 1. The van der Waals surface area contributed by atoms with E-state index >= 15 is 0 Å². The summed E-state index contributed by atoms with van der Waals surface area (Å²) in [4.78, 5) is 14.8. The van der Waals surface area contributed by atoms with Crippen molar-refractivity contribution >= 4 is 5.97 Å². The van der Waals surface area contributed by atoms with E-state index < -0.39 is 12.1 Å². The lowest BCUT2D eigenvalue weighted by atomic mass is 10.1. The van der Waals surface area contributed by atoms with Crippen LogP contribution in [0.1, 0.15) is 11.7 Å². The third kappa shape index (κ3) is 2.51. The maximum Gasteiger partial charge on any atom is 0.360 e. The molecular weight excluding hydrogens is 174 g/mol. The number of carbonyl (C=O) groups is 1. The van der Waals surface area contributed by atoms with Crippen molar-refractivity contribution in [3.63, 3.8) is 0 Å². The van der Waals surface area contributed by atoms with Crippen molar-refractivity contribution in [2.75, 3.05) is 0 Å². The second-order valence-electron chi connectivity index (χ2n) is 2.33. The normalized spacial score (nSPS) is 12.2. The van der Waals surface area contributed by atoms with Gasteiger partial charge in [0.25, 0.3) is 0 Å². The van der Waals surface area contributed by atoms with E-state index in [2.05, 4.69) is 4.84 Å². The summed E-state index contributed by atoms with van der Waals surface area (Å²) in [7, 11) is 0. The smallest absolute Gasteiger partial charge is 0.360 e. The standard InChI is InChI=1S/C8H9NO4/c10-7(8(11)13-9-12)6-4-2-1-3-5-6/h1-5,7,9-10,12H/t7-/m0/s1. The van der Waals surface area contributed by atoms with Gasteiger partial charge in [-0.25, -0.2) is 4.79 Å². The van der Waals surface area contributed by atoms with Crippen LogP contribution in [0.15, 0.2) is 30.3 Å². The van der Waals surface area contributed by atoms with E-state index in [1.54, 1.807) is 30.3 Å². The highest BCUT2D eigenvalue weighted by Gasteiger charge is 2.18. The molecule has 0 bridgehead atoms. The monoisotopic (exact) mass is 183 g/mol. The van der Waals surface area contributed by atoms with Gasteiger partial charge in [0.1, 0.15) is 0 Å². The lowest BCUT2D eigenvalue weighted by Crippen LogP contribution is -2.22. The van der Waals surface area contributed by atoms with E-state index in [-0.39, 0.29) is 0 Å². The van der Waals surface area contributed by atoms with Crippen LogP contribution < -0.4 is 5.64 Å².